The normalized spacial score (nSPS) is 13.9. The molecule has 0 atom stereocenters. The molecule has 1 radical (unpaired) electrons. The second-order valence-electron chi connectivity index (χ2n) is 6.34. The van der Waals surface area contributed by atoms with Crippen molar-refractivity contribution in [2.24, 2.45) is 0 Å². The molecule has 0 saturated heterocycles. The molecule has 115 valence electrons. The first-order valence-electron chi connectivity index (χ1n) is 9.00. The van der Waals surface area contributed by atoms with Gasteiger partial charge in [0, 0.05) is 6.42 Å². The van der Waals surface area contributed by atoms with Gasteiger partial charge in [-0.1, -0.05) is 63.8 Å². The Morgan fingerprint density at radius 3 is 2.14 bits per heavy atom. The minimum absolute atomic E-state index is 1.24. The molecule has 1 aromatic rings. The monoisotopic (exact) mass is 283 g/mol. The predicted octanol–water partition coefficient (Wildman–Crippen LogP) is 6.73. The van der Waals surface area contributed by atoms with Crippen LogP contribution in [0.25, 0.3) is 5.57 Å². The molecule has 1 aliphatic rings. The Labute approximate surface area is 131 Å². The van der Waals surface area contributed by atoms with Crippen LogP contribution >= 0.6 is 0 Å². The number of unbranched alkanes of at least 4 members (excludes halogenated alkanes) is 3. The van der Waals surface area contributed by atoms with E-state index in [-0.39, 0.29) is 0 Å². The SMILES string of the molecule is CCCCC1=C(CCCC)c2c(cccc2CCCC)[CH]1. The summed E-state index contributed by atoms with van der Waals surface area (Å²) in [4.78, 5) is 0. The molecule has 0 heteroatoms. The molecule has 0 fully saturated rings. The summed E-state index contributed by atoms with van der Waals surface area (Å²) < 4.78 is 0. The zero-order chi connectivity index (χ0) is 15.1. The fraction of sp³-hybridized carbons (Fsp3) is 0.571. The van der Waals surface area contributed by atoms with Crippen molar-refractivity contribution in [2.75, 3.05) is 0 Å². The lowest BCUT2D eigenvalue weighted by Gasteiger charge is -2.13. The van der Waals surface area contributed by atoms with Gasteiger partial charge in [0.05, 0.1) is 0 Å². The molecule has 0 amide bonds. The van der Waals surface area contributed by atoms with E-state index in [2.05, 4.69) is 45.4 Å². The zero-order valence-corrected chi connectivity index (χ0v) is 14.2. The molecule has 2 rings (SSSR count). The Balaban J connectivity index is 2.30. The minimum atomic E-state index is 1.24. The molecule has 0 aliphatic heterocycles. The largest absolute Gasteiger partial charge is 0.0654 e. The molecule has 1 aliphatic carbocycles. The summed E-state index contributed by atoms with van der Waals surface area (Å²) in [5, 5.41) is 0. The maximum Gasteiger partial charge on any atom is 0.0167 e. The molecule has 21 heavy (non-hydrogen) atoms. The molecule has 1 aromatic carbocycles. The molecule has 0 unspecified atom stereocenters. The molecule has 0 N–H and O–H groups in total. The molecular weight excluding hydrogens is 252 g/mol. The summed E-state index contributed by atoms with van der Waals surface area (Å²) in [6, 6.07) is 6.92. The van der Waals surface area contributed by atoms with E-state index in [0.717, 1.165) is 0 Å². The smallest absolute Gasteiger partial charge is 0.0167 e. The van der Waals surface area contributed by atoms with Crippen LogP contribution in [0.2, 0.25) is 0 Å². The van der Waals surface area contributed by atoms with Gasteiger partial charge in [0.15, 0.2) is 0 Å². The van der Waals surface area contributed by atoms with Crippen molar-refractivity contribution in [1.29, 1.82) is 0 Å². The molecule has 0 heterocycles. The molecule has 0 nitrogen and oxygen atoms in total. The molecule has 0 saturated carbocycles. The van der Waals surface area contributed by atoms with Crippen LogP contribution in [-0.4, -0.2) is 0 Å². The quantitative estimate of drug-likeness (QED) is 0.471. The predicted molar refractivity (Wildman–Crippen MR) is 94.4 cm³/mol. The zero-order valence-electron chi connectivity index (χ0n) is 14.2. The Morgan fingerprint density at radius 1 is 0.762 bits per heavy atom. The summed E-state index contributed by atoms with van der Waals surface area (Å²) in [7, 11) is 0. The second kappa shape index (κ2) is 8.41. The van der Waals surface area contributed by atoms with Crippen LogP contribution in [0.3, 0.4) is 0 Å². The van der Waals surface area contributed by atoms with Crippen molar-refractivity contribution in [1.82, 2.24) is 0 Å². The lowest BCUT2D eigenvalue weighted by atomic mass is 9.92. The van der Waals surface area contributed by atoms with Crippen LogP contribution in [-0.2, 0) is 6.42 Å². The van der Waals surface area contributed by atoms with Crippen LogP contribution in [0.15, 0.2) is 23.8 Å². The van der Waals surface area contributed by atoms with Gasteiger partial charge in [-0.25, -0.2) is 0 Å². The van der Waals surface area contributed by atoms with E-state index >= 15 is 0 Å². The second-order valence-corrected chi connectivity index (χ2v) is 6.34. The van der Waals surface area contributed by atoms with Crippen LogP contribution < -0.4 is 0 Å². The first-order valence-corrected chi connectivity index (χ1v) is 9.00. The summed E-state index contributed by atoms with van der Waals surface area (Å²) in [6.07, 6.45) is 14.1. The van der Waals surface area contributed by atoms with Gasteiger partial charge in [0.2, 0.25) is 0 Å². The van der Waals surface area contributed by atoms with Crippen molar-refractivity contribution in [3.63, 3.8) is 0 Å². The number of hydrogen-bond acceptors (Lipinski definition) is 0. The van der Waals surface area contributed by atoms with Gasteiger partial charge >= 0.3 is 0 Å². The van der Waals surface area contributed by atoms with E-state index in [4.69, 9.17) is 0 Å². The highest BCUT2D eigenvalue weighted by Gasteiger charge is 2.23. The van der Waals surface area contributed by atoms with Crippen molar-refractivity contribution in [3.8, 4) is 0 Å². The van der Waals surface area contributed by atoms with E-state index in [0.29, 0.717) is 0 Å². The average molecular weight is 283 g/mol. The highest BCUT2D eigenvalue weighted by molar-refractivity contribution is 5.82. The Hall–Kier alpha value is -1.04. The van der Waals surface area contributed by atoms with Crippen molar-refractivity contribution in [2.45, 2.75) is 78.6 Å². The van der Waals surface area contributed by atoms with Gasteiger partial charge in [-0.15, -0.1) is 0 Å². The van der Waals surface area contributed by atoms with E-state index < -0.39 is 0 Å². The highest BCUT2D eigenvalue weighted by atomic mass is 14.3. The maximum absolute atomic E-state index is 2.48. The highest BCUT2D eigenvalue weighted by Crippen LogP contribution is 2.41. The van der Waals surface area contributed by atoms with Crippen LogP contribution in [0.5, 0.6) is 0 Å². The minimum Gasteiger partial charge on any atom is -0.0654 e. The fourth-order valence-corrected chi connectivity index (χ4v) is 3.35. The summed E-state index contributed by atoms with van der Waals surface area (Å²) in [5.74, 6) is 0. The van der Waals surface area contributed by atoms with Gasteiger partial charge in [-0.2, -0.15) is 0 Å². The Morgan fingerprint density at radius 2 is 1.43 bits per heavy atom. The molecule has 0 bridgehead atoms. The standard InChI is InChI=1S/C21H31/c1-4-7-11-17-13-10-14-19-16-18(12-8-5-2)20(21(17)19)15-9-6-3/h10,13-14,16H,4-9,11-12,15H2,1-3H3. The third-order valence-corrected chi connectivity index (χ3v) is 4.58. The Bertz CT molecular complexity index is 479. The van der Waals surface area contributed by atoms with Crippen LogP contribution in [0.1, 0.15) is 88.8 Å². The number of rotatable bonds is 9. The van der Waals surface area contributed by atoms with Crippen molar-refractivity contribution >= 4 is 5.57 Å². The van der Waals surface area contributed by atoms with E-state index in [1.165, 1.54) is 63.4 Å². The first-order chi connectivity index (χ1) is 10.3. The van der Waals surface area contributed by atoms with Crippen LogP contribution in [0, 0.1) is 6.42 Å². The summed E-state index contributed by atoms with van der Waals surface area (Å²) in [6.45, 7) is 6.88. The fourth-order valence-electron chi connectivity index (χ4n) is 3.35. The lowest BCUT2D eigenvalue weighted by Crippen LogP contribution is -1.95. The maximum atomic E-state index is 2.48. The first kappa shape index (κ1) is 16.3. The summed E-state index contributed by atoms with van der Waals surface area (Å²) >= 11 is 0. The number of benzene rings is 1. The van der Waals surface area contributed by atoms with E-state index in [1.54, 1.807) is 22.3 Å². The number of aryl methyl sites for hydroxylation is 1. The van der Waals surface area contributed by atoms with Gasteiger partial charge < -0.3 is 0 Å². The molecule has 0 aromatic heterocycles. The lowest BCUT2D eigenvalue weighted by molar-refractivity contribution is 0.781. The van der Waals surface area contributed by atoms with E-state index in [1.807, 2.05) is 0 Å². The van der Waals surface area contributed by atoms with Gasteiger partial charge in [0.1, 0.15) is 0 Å². The Kier molecular flexibility index (Phi) is 6.54. The topological polar surface area (TPSA) is 0 Å². The molecular formula is C21H31. The third kappa shape index (κ3) is 3.99. The number of fused-ring (bicyclic) bond motifs is 1. The van der Waals surface area contributed by atoms with Gasteiger partial charge in [0.25, 0.3) is 0 Å². The molecule has 0 spiro atoms. The van der Waals surface area contributed by atoms with Crippen molar-refractivity contribution in [3.05, 3.63) is 46.9 Å². The van der Waals surface area contributed by atoms with Gasteiger partial charge in [-0.3, -0.25) is 0 Å². The van der Waals surface area contributed by atoms with Crippen LogP contribution in [0.4, 0.5) is 0 Å². The number of allylic oxidation sites excluding steroid dienone is 2. The summed E-state index contributed by atoms with van der Waals surface area (Å²) in [5.41, 5.74) is 7.98. The average Bonchev–Trinajstić information content (AvgIpc) is 2.87. The van der Waals surface area contributed by atoms with Gasteiger partial charge in [-0.05, 0) is 60.8 Å². The van der Waals surface area contributed by atoms with E-state index in [9.17, 15) is 0 Å². The third-order valence-electron chi connectivity index (χ3n) is 4.58. The number of hydrogen-bond donors (Lipinski definition) is 0. The van der Waals surface area contributed by atoms with Crippen molar-refractivity contribution < 1.29 is 0 Å².